The van der Waals surface area contributed by atoms with Gasteiger partial charge in [-0.3, -0.25) is 4.79 Å². The van der Waals surface area contributed by atoms with Crippen LogP contribution in [0.5, 0.6) is 5.75 Å². The zero-order chi connectivity index (χ0) is 14.7. The number of carbonyl (C=O) groups excluding carboxylic acids is 1. The highest BCUT2D eigenvalue weighted by molar-refractivity contribution is 6.35. The molecule has 2 aromatic rings. The molecular formula is C15H11Cl2FO2. The molecule has 0 aromatic heterocycles. The van der Waals surface area contributed by atoms with Crippen molar-refractivity contribution < 1.29 is 13.9 Å². The number of Topliss-reactive ketones (excluding diaryl/α,β-unsaturated/α-hetero) is 1. The second-order valence-corrected chi connectivity index (χ2v) is 5.09. The van der Waals surface area contributed by atoms with Crippen molar-refractivity contribution in [1.29, 1.82) is 0 Å². The van der Waals surface area contributed by atoms with Crippen LogP contribution < -0.4 is 4.74 Å². The van der Waals surface area contributed by atoms with Gasteiger partial charge in [-0.05, 0) is 48.9 Å². The van der Waals surface area contributed by atoms with E-state index in [0.717, 1.165) is 0 Å². The molecule has 0 spiro atoms. The lowest BCUT2D eigenvalue weighted by Crippen LogP contribution is -2.12. The average Bonchev–Trinajstić information content (AvgIpc) is 2.40. The fraction of sp³-hybridized carbons (Fsp3) is 0.133. The Kier molecular flexibility index (Phi) is 4.63. The molecule has 0 heterocycles. The van der Waals surface area contributed by atoms with Gasteiger partial charge >= 0.3 is 0 Å². The van der Waals surface area contributed by atoms with Crippen molar-refractivity contribution in [3.63, 3.8) is 0 Å². The molecule has 2 aromatic carbocycles. The van der Waals surface area contributed by atoms with Gasteiger partial charge in [-0.2, -0.15) is 0 Å². The minimum Gasteiger partial charge on any atom is -0.485 e. The number of carbonyl (C=O) groups is 1. The van der Waals surface area contributed by atoms with E-state index in [0.29, 0.717) is 26.9 Å². The van der Waals surface area contributed by atoms with E-state index in [9.17, 15) is 9.18 Å². The van der Waals surface area contributed by atoms with Crippen LogP contribution in [0.25, 0.3) is 0 Å². The minimum atomic E-state index is -0.348. The lowest BCUT2D eigenvalue weighted by atomic mass is 10.1. The zero-order valence-electron chi connectivity index (χ0n) is 10.6. The molecule has 0 saturated heterocycles. The summed E-state index contributed by atoms with van der Waals surface area (Å²) in [6.45, 7) is 1.52. The molecule has 0 unspecified atom stereocenters. The molecule has 5 heteroatoms. The average molecular weight is 313 g/mol. The van der Waals surface area contributed by atoms with Gasteiger partial charge in [0.25, 0.3) is 0 Å². The van der Waals surface area contributed by atoms with E-state index in [-0.39, 0.29) is 18.2 Å². The van der Waals surface area contributed by atoms with Gasteiger partial charge < -0.3 is 4.74 Å². The molecule has 0 N–H and O–H groups in total. The first-order valence-electron chi connectivity index (χ1n) is 5.84. The van der Waals surface area contributed by atoms with Crippen LogP contribution in [0.15, 0.2) is 36.4 Å². The molecule has 20 heavy (non-hydrogen) atoms. The molecule has 0 bridgehead atoms. The molecule has 0 radical (unpaired) electrons. The van der Waals surface area contributed by atoms with Crippen molar-refractivity contribution in [2.45, 2.75) is 6.92 Å². The van der Waals surface area contributed by atoms with Gasteiger partial charge in [-0.25, -0.2) is 4.39 Å². The van der Waals surface area contributed by atoms with Crippen LogP contribution in [0.2, 0.25) is 10.0 Å². The number of hydrogen-bond donors (Lipinski definition) is 0. The topological polar surface area (TPSA) is 26.3 Å². The summed E-state index contributed by atoms with van der Waals surface area (Å²) < 4.78 is 18.3. The highest BCUT2D eigenvalue weighted by Gasteiger charge is 2.12. The Morgan fingerprint density at radius 3 is 2.65 bits per heavy atom. The molecule has 2 rings (SSSR count). The zero-order valence-corrected chi connectivity index (χ0v) is 12.1. The predicted molar refractivity (Wildman–Crippen MR) is 77.4 cm³/mol. The fourth-order valence-electron chi connectivity index (χ4n) is 1.71. The largest absolute Gasteiger partial charge is 0.485 e. The van der Waals surface area contributed by atoms with Crippen LogP contribution in [0.3, 0.4) is 0 Å². The summed E-state index contributed by atoms with van der Waals surface area (Å²) >= 11 is 11.8. The third kappa shape index (κ3) is 3.50. The normalized spacial score (nSPS) is 10.4. The Morgan fingerprint density at radius 2 is 1.95 bits per heavy atom. The standard InChI is InChI=1S/C15H11Cl2FO2/c1-9-6-11(18)3-5-15(9)20-8-14(19)12-7-10(16)2-4-13(12)17/h2-7H,8H2,1H3. The molecule has 0 aliphatic carbocycles. The molecule has 0 aliphatic rings. The van der Waals surface area contributed by atoms with Crippen molar-refractivity contribution in [2.75, 3.05) is 6.61 Å². The van der Waals surface area contributed by atoms with E-state index in [1.54, 1.807) is 19.1 Å². The van der Waals surface area contributed by atoms with Crippen LogP contribution >= 0.6 is 23.2 Å². The van der Waals surface area contributed by atoms with Crippen molar-refractivity contribution in [1.82, 2.24) is 0 Å². The number of aryl methyl sites for hydroxylation is 1. The van der Waals surface area contributed by atoms with E-state index < -0.39 is 0 Å². The maximum Gasteiger partial charge on any atom is 0.201 e. The third-order valence-electron chi connectivity index (χ3n) is 2.72. The molecular weight excluding hydrogens is 302 g/mol. The molecule has 0 fully saturated rings. The smallest absolute Gasteiger partial charge is 0.201 e. The van der Waals surface area contributed by atoms with Gasteiger partial charge in [-0.15, -0.1) is 0 Å². The molecule has 104 valence electrons. The summed E-state index contributed by atoms with van der Waals surface area (Å²) in [7, 11) is 0. The van der Waals surface area contributed by atoms with Crippen molar-refractivity contribution in [3.05, 3.63) is 63.4 Å². The second kappa shape index (κ2) is 6.25. The van der Waals surface area contributed by atoms with Crippen molar-refractivity contribution in [2.24, 2.45) is 0 Å². The van der Waals surface area contributed by atoms with Crippen LogP contribution in [-0.2, 0) is 0 Å². The highest BCUT2D eigenvalue weighted by atomic mass is 35.5. The predicted octanol–water partition coefficient (Wildman–Crippen LogP) is 4.70. The van der Waals surface area contributed by atoms with Crippen LogP contribution in [0.4, 0.5) is 4.39 Å². The Balaban J connectivity index is 2.10. The third-order valence-corrected chi connectivity index (χ3v) is 3.29. The summed E-state index contributed by atoms with van der Waals surface area (Å²) in [5.41, 5.74) is 0.925. The number of rotatable bonds is 4. The quantitative estimate of drug-likeness (QED) is 0.765. The number of hydrogen-bond acceptors (Lipinski definition) is 2. The van der Waals surface area contributed by atoms with Gasteiger partial charge in [0.2, 0.25) is 5.78 Å². The van der Waals surface area contributed by atoms with E-state index in [1.165, 1.54) is 24.3 Å². The van der Waals surface area contributed by atoms with E-state index in [1.807, 2.05) is 0 Å². The summed E-state index contributed by atoms with van der Waals surface area (Å²) in [6, 6.07) is 8.75. The first-order valence-corrected chi connectivity index (χ1v) is 6.60. The monoisotopic (exact) mass is 312 g/mol. The summed E-state index contributed by atoms with van der Waals surface area (Å²) in [5.74, 6) is -0.182. The second-order valence-electron chi connectivity index (χ2n) is 4.25. The van der Waals surface area contributed by atoms with Crippen LogP contribution in [0, 0.1) is 12.7 Å². The van der Waals surface area contributed by atoms with E-state index in [2.05, 4.69) is 0 Å². The number of halogens is 3. The molecule has 0 amide bonds. The van der Waals surface area contributed by atoms with Crippen LogP contribution in [0.1, 0.15) is 15.9 Å². The first kappa shape index (κ1) is 14.8. The number of ketones is 1. The van der Waals surface area contributed by atoms with Gasteiger partial charge in [0.15, 0.2) is 6.61 Å². The van der Waals surface area contributed by atoms with Gasteiger partial charge in [0.05, 0.1) is 5.02 Å². The Labute approximate surface area is 126 Å². The Bertz CT molecular complexity index is 656. The molecule has 0 saturated carbocycles. The maximum atomic E-state index is 13.0. The van der Waals surface area contributed by atoms with E-state index >= 15 is 0 Å². The number of benzene rings is 2. The molecule has 0 aliphatic heterocycles. The minimum absolute atomic E-state index is 0.188. The van der Waals surface area contributed by atoms with Crippen molar-refractivity contribution in [3.8, 4) is 5.75 Å². The lowest BCUT2D eigenvalue weighted by Gasteiger charge is -2.09. The maximum absolute atomic E-state index is 13.0. The Morgan fingerprint density at radius 1 is 1.20 bits per heavy atom. The highest BCUT2D eigenvalue weighted by Crippen LogP contribution is 2.22. The summed E-state index contributed by atoms with van der Waals surface area (Å²) in [6.07, 6.45) is 0. The molecule has 2 nitrogen and oxygen atoms in total. The van der Waals surface area contributed by atoms with Crippen molar-refractivity contribution >= 4 is 29.0 Å². The summed E-state index contributed by atoms with van der Waals surface area (Å²) in [4.78, 5) is 12.0. The fourth-order valence-corrected chi connectivity index (χ4v) is 2.10. The van der Waals surface area contributed by atoms with E-state index in [4.69, 9.17) is 27.9 Å². The SMILES string of the molecule is Cc1cc(F)ccc1OCC(=O)c1cc(Cl)ccc1Cl. The van der Waals surface area contributed by atoms with Crippen LogP contribution in [-0.4, -0.2) is 12.4 Å². The Hall–Kier alpha value is -1.58. The number of ether oxygens (including phenoxy) is 1. The molecule has 0 atom stereocenters. The van der Waals surface area contributed by atoms with Gasteiger partial charge in [-0.1, -0.05) is 23.2 Å². The first-order chi connectivity index (χ1) is 9.47. The summed E-state index contributed by atoms with van der Waals surface area (Å²) in [5, 5.41) is 0.745. The van der Waals surface area contributed by atoms with Gasteiger partial charge in [0.1, 0.15) is 11.6 Å². The van der Waals surface area contributed by atoms with Gasteiger partial charge in [0, 0.05) is 10.6 Å². The lowest BCUT2D eigenvalue weighted by molar-refractivity contribution is 0.0921.